The normalized spacial score (nSPS) is 11.2. The van der Waals surface area contributed by atoms with E-state index in [1.54, 1.807) is 0 Å². The zero-order valence-electron chi connectivity index (χ0n) is 7.27. The fraction of sp³-hybridized carbons (Fsp3) is 0.857. The van der Waals surface area contributed by atoms with Gasteiger partial charge in [-0.05, 0) is 6.42 Å². The molecule has 0 aromatic heterocycles. The van der Waals surface area contributed by atoms with Gasteiger partial charge >= 0.3 is 0 Å². The summed E-state index contributed by atoms with van der Waals surface area (Å²) in [5.41, 5.74) is 2.82. The highest BCUT2D eigenvalue weighted by Crippen LogP contribution is 1.89. The molecule has 0 rings (SSSR count). The van der Waals surface area contributed by atoms with Gasteiger partial charge in [0.2, 0.25) is 0 Å². The van der Waals surface area contributed by atoms with Gasteiger partial charge in [0, 0.05) is 6.42 Å². The zero-order chi connectivity index (χ0) is 8.20. The molecule has 0 saturated carbocycles. The second kappa shape index (κ2) is 3.56. The Hall–Kier alpha value is -0.570. The molecule has 0 aliphatic heterocycles. The molecule has 0 aromatic rings. The smallest absolute Gasteiger partial charge is 0.264 e. The van der Waals surface area contributed by atoms with Crippen molar-refractivity contribution in [3.63, 3.8) is 0 Å². The minimum Gasteiger partial charge on any atom is -0.270 e. The molecule has 1 amide bonds. The van der Waals surface area contributed by atoms with Crippen LogP contribution in [0.3, 0.4) is 0 Å². The van der Waals surface area contributed by atoms with Gasteiger partial charge in [0.1, 0.15) is 0 Å². The second-order valence-corrected chi connectivity index (χ2v) is 3.30. The van der Waals surface area contributed by atoms with Gasteiger partial charge in [-0.2, -0.15) is 0 Å². The van der Waals surface area contributed by atoms with Crippen LogP contribution in [0.2, 0.25) is 0 Å². The van der Waals surface area contributed by atoms with Crippen LogP contribution in [0.4, 0.5) is 0 Å². The van der Waals surface area contributed by atoms with Crippen LogP contribution in [0, 0.1) is 0 Å². The lowest BCUT2D eigenvalue weighted by Crippen LogP contribution is -2.50. The standard InChI is InChI=1S/C7H16N2O/c1-5-6-7(10)8-9(2,3)4/h5-6H2,1-4H3/p+1. The van der Waals surface area contributed by atoms with Crippen LogP contribution in [0.1, 0.15) is 19.8 Å². The minimum absolute atomic E-state index is 0.120. The predicted molar refractivity (Wildman–Crippen MR) is 41.1 cm³/mol. The topological polar surface area (TPSA) is 29.1 Å². The van der Waals surface area contributed by atoms with E-state index in [9.17, 15) is 4.79 Å². The summed E-state index contributed by atoms with van der Waals surface area (Å²) < 4.78 is 0.499. The summed E-state index contributed by atoms with van der Waals surface area (Å²) in [5.74, 6) is 0.120. The fourth-order valence-electron chi connectivity index (χ4n) is 0.657. The van der Waals surface area contributed by atoms with Gasteiger partial charge in [-0.1, -0.05) is 6.92 Å². The lowest BCUT2D eigenvalue weighted by Gasteiger charge is -2.23. The molecule has 0 unspecified atom stereocenters. The van der Waals surface area contributed by atoms with Crippen molar-refractivity contribution in [2.45, 2.75) is 19.8 Å². The van der Waals surface area contributed by atoms with Gasteiger partial charge in [-0.3, -0.25) is 4.79 Å². The summed E-state index contributed by atoms with van der Waals surface area (Å²) in [6.45, 7) is 2.00. The number of carbonyl (C=O) groups is 1. The first-order valence-corrected chi connectivity index (χ1v) is 3.58. The van der Waals surface area contributed by atoms with Crippen molar-refractivity contribution in [2.24, 2.45) is 0 Å². The van der Waals surface area contributed by atoms with Crippen molar-refractivity contribution in [3.8, 4) is 0 Å². The monoisotopic (exact) mass is 145 g/mol. The van der Waals surface area contributed by atoms with E-state index in [1.165, 1.54) is 0 Å². The van der Waals surface area contributed by atoms with Gasteiger partial charge in [-0.15, -0.1) is 0 Å². The van der Waals surface area contributed by atoms with Gasteiger partial charge < -0.3 is 0 Å². The number of carbonyl (C=O) groups excluding carboxylic acids is 1. The molecule has 10 heavy (non-hydrogen) atoms. The molecule has 0 aliphatic rings. The third kappa shape index (κ3) is 5.56. The van der Waals surface area contributed by atoms with E-state index in [0.717, 1.165) is 6.42 Å². The molecule has 1 N–H and O–H groups in total. The number of nitrogens with zero attached hydrogens (tertiary/aromatic N) is 1. The lowest BCUT2D eigenvalue weighted by molar-refractivity contribution is -0.906. The second-order valence-electron chi connectivity index (χ2n) is 3.30. The molecule has 0 bridgehead atoms. The van der Waals surface area contributed by atoms with E-state index in [0.29, 0.717) is 11.0 Å². The molecule has 0 aliphatic carbocycles. The van der Waals surface area contributed by atoms with Gasteiger partial charge in [0.05, 0.1) is 21.1 Å². The maximum Gasteiger partial charge on any atom is 0.264 e. The van der Waals surface area contributed by atoms with Crippen molar-refractivity contribution in [1.29, 1.82) is 0 Å². The van der Waals surface area contributed by atoms with Crippen molar-refractivity contribution >= 4 is 5.91 Å². The van der Waals surface area contributed by atoms with Crippen LogP contribution in [-0.4, -0.2) is 31.6 Å². The van der Waals surface area contributed by atoms with E-state index in [1.807, 2.05) is 28.1 Å². The van der Waals surface area contributed by atoms with E-state index in [4.69, 9.17) is 0 Å². The number of hydrogen-bond acceptors (Lipinski definition) is 1. The molecule has 0 aromatic carbocycles. The first-order valence-electron chi connectivity index (χ1n) is 3.58. The summed E-state index contributed by atoms with van der Waals surface area (Å²) >= 11 is 0. The maximum atomic E-state index is 10.9. The fourth-order valence-corrected chi connectivity index (χ4v) is 0.657. The Morgan fingerprint density at radius 1 is 1.40 bits per heavy atom. The first kappa shape index (κ1) is 9.43. The molecule has 0 atom stereocenters. The van der Waals surface area contributed by atoms with Gasteiger partial charge in [0.15, 0.2) is 0 Å². The predicted octanol–water partition coefficient (Wildman–Crippen LogP) is 0.524. The number of quaternary nitrogens is 1. The highest BCUT2D eigenvalue weighted by atomic mass is 16.2. The third-order valence-electron chi connectivity index (χ3n) is 0.937. The Labute approximate surface area is 62.6 Å². The molecule has 0 heterocycles. The summed E-state index contributed by atoms with van der Waals surface area (Å²) in [6.07, 6.45) is 1.53. The van der Waals surface area contributed by atoms with Gasteiger partial charge in [-0.25, -0.2) is 10.0 Å². The van der Waals surface area contributed by atoms with Crippen LogP contribution in [0.15, 0.2) is 0 Å². The number of amides is 1. The van der Waals surface area contributed by atoms with Gasteiger partial charge in [0.25, 0.3) is 5.91 Å². The summed E-state index contributed by atoms with van der Waals surface area (Å²) in [7, 11) is 5.77. The largest absolute Gasteiger partial charge is 0.270 e. The molecule has 60 valence electrons. The van der Waals surface area contributed by atoms with Crippen LogP contribution in [-0.2, 0) is 4.79 Å². The van der Waals surface area contributed by atoms with Crippen LogP contribution in [0.5, 0.6) is 0 Å². The van der Waals surface area contributed by atoms with Crippen molar-refractivity contribution < 1.29 is 9.39 Å². The third-order valence-corrected chi connectivity index (χ3v) is 0.937. The quantitative estimate of drug-likeness (QED) is 0.455. The Bertz CT molecular complexity index is 115. The van der Waals surface area contributed by atoms with Crippen molar-refractivity contribution in [3.05, 3.63) is 0 Å². The average molecular weight is 145 g/mol. The zero-order valence-corrected chi connectivity index (χ0v) is 7.27. The SMILES string of the molecule is CCCC(=O)N[N+](C)(C)C. The lowest BCUT2D eigenvalue weighted by atomic mass is 10.3. The highest BCUT2D eigenvalue weighted by Gasteiger charge is 2.10. The molecule has 0 saturated heterocycles. The highest BCUT2D eigenvalue weighted by molar-refractivity contribution is 5.74. The van der Waals surface area contributed by atoms with Crippen LogP contribution in [0.25, 0.3) is 0 Å². The number of nitrogens with one attached hydrogen (secondary N) is 1. The van der Waals surface area contributed by atoms with E-state index >= 15 is 0 Å². The van der Waals surface area contributed by atoms with E-state index < -0.39 is 0 Å². The Kier molecular flexibility index (Phi) is 3.36. The molecular weight excluding hydrogens is 128 g/mol. The summed E-state index contributed by atoms with van der Waals surface area (Å²) in [5, 5.41) is 0. The minimum atomic E-state index is 0.120. The Morgan fingerprint density at radius 3 is 2.20 bits per heavy atom. The summed E-state index contributed by atoms with van der Waals surface area (Å²) in [4.78, 5) is 10.9. The van der Waals surface area contributed by atoms with Crippen molar-refractivity contribution in [2.75, 3.05) is 21.1 Å². The van der Waals surface area contributed by atoms with E-state index in [-0.39, 0.29) is 5.91 Å². The Balaban J connectivity index is 3.58. The molecule has 0 radical (unpaired) electrons. The van der Waals surface area contributed by atoms with Crippen molar-refractivity contribution in [1.82, 2.24) is 5.43 Å². The number of rotatable bonds is 3. The Morgan fingerprint density at radius 2 is 1.90 bits per heavy atom. The summed E-state index contributed by atoms with van der Waals surface area (Å²) in [6, 6.07) is 0. The number of hydrogen-bond donors (Lipinski definition) is 1. The van der Waals surface area contributed by atoms with Crippen LogP contribution < -0.4 is 5.43 Å². The molecule has 0 spiro atoms. The first-order chi connectivity index (χ1) is 4.45. The average Bonchev–Trinajstić information content (AvgIpc) is 1.59. The molecular formula is C7H17N2O+. The molecule has 3 nitrogen and oxygen atoms in total. The van der Waals surface area contributed by atoms with E-state index in [2.05, 4.69) is 5.43 Å². The maximum absolute atomic E-state index is 10.9. The molecule has 3 heteroatoms. The molecule has 0 fully saturated rings. The van der Waals surface area contributed by atoms with Crippen LogP contribution >= 0.6 is 0 Å².